The van der Waals surface area contributed by atoms with E-state index in [-0.39, 0.29) is 17.3 Å². The van der Waals surface area contributed by atoms with Crippen LogP contribution in [0.3, 0.4) is 0 Å². The molecule has 3 heterocycles. The van der Waals surface area contributed by atoms with Gasteiger partial charge in [0, 0.05) is 19.6 Å². The smallest absolute Gasteiger partial charge is 0.322 e. The summed E-state index contributed by atoms with van der Waals surface area (Å²) < 4.78 is 4.67. The summed E-state index contributed by atoms with van der Waals surface area (Å²) in [5.41, 5.74) is 0.478. The number of fused-ring (bicyclic) bond motifs is 1. The lowest BCUT2D eigenvalue weighted by atomic mass is 10.1. The van der Waals surface area contributed by atoms with Gasteiger partial charge < -0.3 is 9.88 Å². The largest absolute Gasteiger partial charge is 0.332 e. The summed E-state index contributed by atoms with van der Waals surface area (Å²) >= 11 is 0. The van der Waals surface area contributed by atoms with Gasteiger partial charge in [-0.15, -0.1) is 0 Å². The zero-order chi connectivity index (χ0) is 14.3. The van der Waals surface area contributed by atoms with E-state index < -0.39 is 0 Å². The second-order valence-electron chi connectivity index (χ2n) is 5.20. The Morgan fingerprint density at radius 1 is 1.35 bits per heavy atom. The molecule has 0 aromatic carbocycles. The Balaban J connectivity index is 2.28. The van der Waals surface area contributed by atoms with Crippen LogP contribution in [0.5, 0.6) is 0 Å². The van der Waals surface area contributed by atoms with E-state index in [4.69, 9.17) is 0 Å². The molecule has 0 unspecified atom stereocenters. The third kappa shape index (κ3) is 1.81. The summed E-state index contributed by atoms with van der Waals surface area (Å²) in [6, 6.07) is 0.275. The number of nitrogens with one attached hydrogen (secondary N) is 1. The van der Waals surface area contributed by atoms with Gasteiger partial charge in [-0.2, -0.15) is 0 Å². The van der Waals surface area contributed by atoms with Crippen LogP contribution in [0.1, 0.15) is 25.8 Å². The molecule has 1 fully saturated rings. The van der Waals surface area contributed by atoms with Gasteiger partial charge in [-0.25, -0.2) is 9.78 Å². The second kappa shape index (κ2) is 4.90. The van der Waals surface area contributed by atoms with Crippen LogP contribution in [0.2, 0.25) is 0 Å². The molecule has 0 radical (unpaired) electrons. The summed E-state index contributed by atoms with van der Waals surface area (Å²) in [5, 5.41) is 3.31. The molecule has 3 rings (SSSR count). The van der Waals surface area contributed by atoms with Crippen LogP contribution in [0.4, 0.5) is 0 Å². The van der Waals surface area contributed by atoms with Crippen molar-refractivity contribution in [3.8, 4) is 0 Å². The maximum atomic E-state index is 12.5. The van der Waals surface area contributed by atoms with Gasteiger partial charge in [0.2, 0.25) is 0 Å². The maximum absolute atomic E-state index is 12.5. The first-order chi connectivity index (χ1) is 9.65. The average Bonchev–Trinajstić information content (AvgIpc) is 2.92. The third-order valence-corrected chi connectivity index (χ3v) is 4.08. The van der Waals surface area contributed by atoms with Crippen molar-refractivity contribution in [2.45, 2.75) is 32.4 Å². The lowest BCUT2D eigenvalue weighted by Crippen LogP contribution is -2.39. The Morgan fingerprint density at radius 3 is 2.70 bits per heavy atom. The Morgan fingerprint density at radius 2 is 2.05 bits per heavy atom. The lowest BCUT2D eigenvalue weighted by Gasteiger charge is -2.24. The van der Waals surface area contributed by atoms with Crippen molar-refractivity contribution < 1.29 is 0 Å². The molecule has 1 aliphatic rings. The molecule has 2 aromatic heterocycles. The second-order valence-corrected chi connectivity index (χ2v) is 5.20. The molecule has 0 amide bonds. The van der Waals surface area contributed by atoms with Crippen LogP contribution in [-0.2, 0) is 13.6 Å². The predicted octanol–water partition coefficient (Wildman–Crippen LogP) is -0.159. The first-order valence-corrected chi connectivity index (χ1v) is 7.02. The minimum absolute atomic E-state index is 0.235. The van der Waals surface area contributed by atoms with Gasteiger partial charge in [0.1, 0.15) is 0 Å². The summed E-state index contributed by atoms with van der Waals surface area (Å²) in [7, 11) is 1.66. The van der Waals surface area contributed by atoms with Crippen molar-refractivity contribution in [2.75, 3.05) is 13.1 Å². The van der Waals surface area contributed by atoms with Gasteiger partial charge in [0.15, 0.2) is 11.2 Å². The van der Waals surface area contributed by atoms with Crippen molar-refractivity contribution in [3.05, 3.63) is 27.2 Å². The molecule has 0 atom stereocenters. The fourth-order valence-corrected chi connectivity index (χ4v) is 2.93. The molecule has 0 bridgehead atoms. The number of imidazole rings is 1. The maximum Gasteiger partial charge on any atom is 0.332 e. The van der Waals surface area contributed by atoms with E-state index in [1.807, 2.05) is 4.57 Å². The molecule has 0 spiro atoms. The topological polar surface area (TPSA) is 73.8 Å². The molecular formula is C13H19N5O2. The summed E-state index contributed by atoms with van der Waals surface area (Å²) in [6.45, 7) is 4.06. The average molecular weight is 277 g/mol. The summed E-state index contributed by atoms with van der Waals surface area (Å²) in [4.78, 5) is 28.9. The lowest BCUT2D eigenvalue weighted by molar-refractivity contribution is 0.373. The molecule has 1 saturated heterocycles. The quantitative estimate of drug-likeness (QED) is 0.828. The van der Waals surface area contributed by atoms with E-state index in [0.29, 0.717) is 17.7 Å². The van der Waals surface area contributed by atoms with Crippen molar-refractivity contribution in [3.63, 3.8) is 0 Å². The number of aryl methyl sites for hydroxylation is 1. The van der Waals surface area contributed by atoms with Crippen LogP contribution in [0.25, 0.3) is 11.2 Å². The van der Waals surface area contributed by atoms with Crippen LogP contribution >= 0.6 is 0 Å². The number of piperidine rings is 1. The number of rotatable bonds is 2. The van der Waals surface area contributed by atoms with Crippen molar-refractivity contribution in [2.24, 2.45) is 7.05 Å². The number of nitrogens with zero attached hydrogens (tertiary/aromatic N) is 4. The molecule has 0 aliphatic carbocycles. The molecule has 2 aromatic rings. The highest BCUT2D eigenvalue weighted by molar-refractivity contribution is 5.70. The SMILES string of the molecule is CCn1c(=O)c2c(ncn2C2CCNCC2)n(C)c1=O. The normalized spacial score (nSPS) is 16.9. The molecule has 7 heteroatoms. The van der Waals surface area contributed by atoms with Crippen molar-refractivity contribution >= 4 is 11.2 Å². The molecule has 20 heavy (non-hydrogen) atoms. The first kappa shape index (κ1) is 13.1. The Hall–Kier alpha value is -1.89. The highest BCUT2D eigenvalue weighted by atomic mass is 16.2. The van der Waals surface area contributed by atoms with E-state index in [2.05, 4.69) is 10.3 Å². The van der Waals surface area contributed by atoms with Crippen molar-refractivity contribution in [1.29, 1.82) is 0 Å². The zero-order valence-electron chi connectivity index (χ0n) is 11.8. The highest BCUT2D eigenvalue weighted by Gasteiger charge is 2.21. The van der Waals surface area contributed by atoms with Gasteiger partial charge in [0.05, 0.1) is 6.33 Å². The molecule has 0 saturated carbocycles. The number of hydrogen-bond acceptors (Lipinski definition) is 4. The minimum Gasteiger partial charge on any atom is -0.322 e. The van der Waals surface area contributed by atoms with Gasteiger partial charge in [-0.05, 0) is 32.9 Å². The van der Waals surface area contributed by atoms with Gasteiger partial charge >= 0.3 is 5.69 Å². The third-order valence-electron chi connectivity index (χ3n) is 4.08. The number of aromatic nitrogens is 4. The molecule has 1 N–H and O–H groups in total. The Bertz CT molecular complexity index is 748. The van der Waals surface area contributed by atoms with E-state index in [0.717, 1.165) is 25.9 Å². The van der Waals surface area contributed by atoms with Gasteiger partial charge in [-0.3, -0.25) is 13.9 Å². The van der Waals surface area contributed by atoms with Crippen LogP contribution in [-0.4, -0.2) is 31.8 Å². The predicted molar refractivity (Wildman–Crippen MR) is 76.0 cm³/mol. The number of hydrogen-bond donors (Lipinski definition) is 1. The Labute approximate surface area is 115 Å². The fraction of sp³-hybridized carbons (Fsp3) is 0.615. The van der Waals surface area contributed by atoms with E-state index >= 15 is 0 Å². The van der Waals surface area contributed by atoms with Crippen LogP contribution in [0, 0.1) is 0 Å². The van der Waals surface area contributed by atoms with Gasteiger partial charge in [0.25, 0.3) is 5.56 Å². The molecule has 1 aliphatic heterocycles. The van der Waals surface area contributed by atoms with Crippen LogP contribution in [0.15, 0.2) is 15.9 Å². The van der Waals surface area contributed by atoms with E-state index in [1.165, 1.54) is 9.13 Å². The summed E-state index contributed by atoms with van der Waals surface area (Å²) in [5.74, 6) is 0. The van der Waals surface area contributed by atoms with Crippen molar-refractivity contribution in [1.82, 2.24) is 24.0 Å². The molecule has 7 nitrogen and oxygen atoms in total. The summed E-state index contributed by atoms with van der Waals surface area (Å²) in [6.07, 6.45) is 3.64. The fourth-order valence-electron chi connectivity index (χ4n) is 2.93. The first-order valence-electron chi connectivity index (χ1n) is 7.02. The standard InChI is InChI=1S/C13H19N5O2/c1-3-17-12(19)10-11(16(2)13(17)20)15-8-18(10)9-4-6-14-7-5-9/h8-9,14H,3-7H2,1-2H3. The molecule has 108 valence electrons. The highest BCUT2D eigenvalue weighted by Crippen LogP contribution is 2.21. The monoisotopic (exact) mass is 277 g/mol. The van der Waals surface area contributed by atoms with Crippen LogP contribution < -0.4 is 16.6 Å². The zero-order valence-corrected chi connectivity index (χ0v) is 11.8. The van der Waals surface area contributed by atoms with Gasteiger partial charge in [-0.1, -0.05) is 0 Å². The van der Waals surface area contributed by atoms with E-state index in [1.54, 1.807) is 20.3 Å². The molecular weight excluding hydrogens is 258 g/mol. The minimum atomic E-state index is -0.305. The van der Waals surface area contributed by atoms with E-state index in [9.17, 15) is 9.59 Å². The Kier molecular flexibility index (Phi) is 3.21.